The van der Waals surface area contributed by atoms with E-state index in [0.717, 1.165) is 122 Å². The van der Waals surface area contributed by atoms with Crippen LogP contribution in [-0.2, 0) is 23.8 Å². The molecule has 1 amide bonds. The van der Waals surface area contributed by atoms with Crippen LogP contribution in [0.2, 0.25) is 0 Å². The van der Waals surface area contributed by atoms with Crippen LogP contribution >= 0.6 is 0 Å². The Bertz CT molecular complexity index is 782. The summed E-state index contributed by atoms with van der Waals surface area (Å²) in [5.41, 5.74) is 0. The first-order chi connectivity index (χ1) is 24.4. The van der Waals surface area contributed by atoms with Crippen molar-refractivity contribution in [3.8, 4) is 0 Å². The third-order valence-electron chi connectivity index (χ3n) is 9.51. The van der Waals surface area contributed by atoms with Gasteiger partial charge in [-0.15, -0.1) is 0 Å². The summed E-state index contributed by atoms with van der Waals surface area (Å²) < 4.78 is 15.9. The van der Waals surface area contributed by atoms with Crippen LogP contribution in [0.5, 0.6) is 0 Å². The SMILES string of the molecule is CCCCCCCCOC(=O)CCCCCCCN(CCCCCCCC(=O)OC(CCCCC)CCCCCC)CCCN(O)C(=O)OC. The molecule has 0 saturated carbocycles. The molecule has 296 valence electrons. The molecule has 9 heteroatoms. The van der Waals surface area contributed by atoms with E-state index in [-0.39, 0.29) is 24.6 Å². The highest BCUT2D eigenvalue weighted by atomic mass is 16.6. The highest BCUT2D eigenvalue weighted by molar-refractivity contribution is 5.69. The molecule has 0 bridgehead atoms. The molecule has 0 aliphatic heterocycles. The van der Waals surface area contributed by atoms with Crippen molar-refractivity contribution in [3.63, 3.8) is 0 Å². The van der Waals surface area contributed by atoms with E-state index in [9.17, 15) is 19.6 Å². The number of hydroxylamine groups is 2. The van der Waals surface area contributed by atoms with Crippen LogP contribution < -0.4 is 0 Å². The van der Waals surface area contributed by atoms with Crippen LogP contribution in [0.3, 0.4) is 0 Å². The lowest BCUT2D eigenvalue weighted by Crippen LogP contribution is -2.33. The maximum absolute atomic E-state index is 12.6. The largest absolute Gasteiger partial charge is 0.466 e. The standard InChI is InChI=1S/C41H80N2O7/c1-5-8-11-13-20-27-37-49-39(44)31-23-16-14-18-25-33-42(35-28-36-43(47)41(46)48-4)34-26-19-15-17-24-32-40(45)50-38(29-21-10-7-3)30-22-12-9-6-2/h38,47H,5-37H2,1-4H3. The monoisotopic (exact) mass is 713 g/mol. The van der Waals surface area contributed by atoms with Gasteiger partial charge in [-0.05, 0) is 83.8 Å². The number of nitrogens with zero attached hydrogens (tertiary/aromatic N) is 2. The molecule has 0 aliphatic rings. The van der Waals surface area contributed by atoms with Crippen molar-refractivity contribution >= 4 is 18.0 Å². The van der Waals surface area contributed by atoms with Crippen molar-refractivity contribution in [2.45, 2.75) is 207 Å². The van der Waals surface area contributed by atoms with Gasteiger partial charge in [0.05, 0.1) is 20.3 Å². The van der Waals surface area contributed by atoms with Gasteiger partial charge in [-0.1, -0.05) is 124 Å². The Morgan fingerprint density at radius 2 is 0.960 bits per heavy atom. The van der Waals surface area contributed by atoms with Crippen LogP contribution in [0.1, 0.15) is 201 Å². The van der Waals surface area contributed by atoms with E-state index >= 15 is 0 Å². The summed E-state index contributed by atoms with van der Waals surface area (Å²) in [5, 5.41) is 10.5. The molecule has 0 aromatic heterocycles. The summed E-state index contributed by atoms with van der Waals surface area (Å²) >= 11 is 0. The molecule has 0 radical (unpaired) electrons. The van der Waals surface area contributed by atoms with E-state index in [1.807, 2.05) is 0 Å². The van der Waals surface area contributed by atoms with Gasteiger partial charge in [-0.3, -0.25) is 14.8 Å². The Hall–Kier alpha value is -1.87. The number of unbranched alkanes of at least 4 members (excludes halogenated alkanes) is 18. The fourth-order valence-corrected chi connectivity index (χ4v) is 6.31. The number of carbonyl (C=O) groups is 3. The molecule has 0 rings (SSSR count). The lowest BCUT2D eigenvalue weighted by atomic mass is 10.0. The maximum Gasteiger partial charge on any atom is 0.433 e. The fourth-order valence-electron chi connectivity index (χ4n) is 6.31. The minimum Gasteiger partial charge on any atom is -0.466 e. The zero-order valence-electron chi connectivity index (χ0n) is 33.2. The van der Waals surface area contributed by atoms with E-state index in [1.165, 1.54) is 64.9 Å². The van der Waals surface area contributed by atoms with Crippen molar-refractivity contribution in [1.82, 2.24) is 9.96 Å². The Morgan fingerprint density at radius 3 is 1.54 bits per heavy atom. The molecule has 50 heavy (non-hydrogen) atoms. The average Bonchev–Trinajstić information content (AvgIpc) is 3.11. The number of hydrogen-bond acceptors (Lipinski definition) is 8. The van der Waals surface area contributed by atoms with Crippen LogP contribution in [0, 0.1) is 0 Å². The lowest BCUT2D eigenvalue weighted by molar-refractivity contribution is -0.150. The minimum absolute atomic E-state index is 0.0264. The number of ether oxygens (including phenoxy) is 3. The average molecular weight is 713 g/mol. The van der Waals surface area contributed by atoms with Crippen molar-refractivity contribution in [1.29, 1.82) is 0 Å². The molecule has 0 heterocycles. The molecule has 1 N–H and O–H groups in total. The van der Waals surface area contributed by atoms with Gasteiger partial charge >= 0.3 is 18.0 Å². The Balaban J connectivity index is 4.28. The van der Waals surface area contributed by atoms with Crippen LogP contribution in [0.25, 0.3) is 0 Å². The Morgan fingerprint density at radius 1 is 0.520 bits per heavy atom. The van der Waals surface area contributed by atoms with Crippen molar-refractivity contribution < 1.29 is 33.8 Å². The summed E-state index contributed by atoms with van der Waals surface area (Å²) in [5.74, 6) is -0.0874. The van der Waals surface area contributed by atoms with Crippen LogP contribution in [-0.4, -0.2) is 79.2 Å². The summed E-state index contributed by atoms with van der Waals surface area (Å²) in [4.78, 5) is 38.5. The summed E-state index contributed by atoms with van der Waals surface area (Å²) in [7, 11) is 1.27. The quantitative estimate of drug-likeness (QED) is 0.0223. The van der Waals surface area contributed by atoms with Gasteiger partial charge in [-0.25, -0.2) is 4.79 Å². The van der Waals surface area contributed by atoms with Crippen molar-refractivity contribution in [2.75, 3.05) is 39.9 Å². The zero-order valence-corrected chi connectivity index (χ0v) is 33.2. The van der Waals surface area contributed by atoms with Gasteiger partial charge < -0.3 is 19.1 Å². The third-order valence-corrected chi connectivity index (χ3v) is 9.51. The fraction of sp³-hybridized carbons (Fsp3) is 0.927. The molecule has 0 saturated heterocycles. The molecule has 0 spiro atoms. The first-order valence-corrected chi connectivity index (χ1v) is 21.0. The van der Waals surface area contributed by atoms with Gasteiger partial charge in [0.15, 0.2) is 0 Å². The molecule has 0 fully saturated rings. The smallest absolute Gasteiger partial charge is 0.433 e. The predicted molar refractivity (Wildman–Crippen MR) is 204 cm³/mol. The molecular weight excluding hydrogens is 632 g/mol. The summed E-state index contributed by atoms with van der Waals surface area (Å²) in [6.07, 6.45) is 29.1. The number of methoxy groups -OCH3 is 1. The number of carbonyl (C=O) groups excluding carboxylic acids is 3. The maximum atomic E-state index is 12.6. The molecule has 1 unspecified atom stereocenters. The van der Waals surface area contributed by atoms with E-state index in [4.69, 9.17) is 9.47 Å². The van der Waals surface area contributed by atoms with E-state index < -0.39 is 6.09 Å². The first-order valence-electron chi connectivity index (χ1n) is 21.0. The predicted octanol–water partition coefficient (Wildman–Crippen LogP) is 11.2. The molecule has 0 aromatic rings. The third kappa shape index (κ3) is 32.1. The number of amides is 1. The van der Waals surface area contributed by atoms with Gasteiger partial charge in [0, 0.05) is 12.8 Å². The normalized spacial score (nSPS) is 11.9. The van der Waals surface area contributed by atoms with Crippen molar-refractivity contribution in [3.05, 3.63) is 0 Å². The zero-order chi connectivity index (χ0) is 36.9. The molecule has 0 aromatic carbocycles. The highest BCUT2D eigenvalue weighted by Gasteiger charge is 2.15. The van der Waals surface area contributed by atoms with E-state index in [0.29, 0.717) is 30.9 Å². The van der Waals surface area contributed by atoms with E-state index in [1.54, 1.807) is 0 Å². The molecular formula is C41H80N2O7. The Kier molecular flexibility index (Phi) is 35.5. The number of hydrogen-bond donors (Lipinski definition) is 1. The van der Waals surface area contributed by atoms with E-state index in [2.05, 4.69) is 30.4 Å². The summed E-state index contributed by atoms with van der Waals surface area (Å²) in [6.45, 7) is 10.2. The van der Waals surface area contributed by atoms with Crippen LogP contribution in [0.4, 0.5) is 4.79 Å². The minimum atomic E-state index is -0.731. The number of esters is 2. The highest BCUT2D eigenvalue weighted by Crippen LogP contribution is 2.17. The molecule has 0 aliphatic carbocycles. The van der Waals surface area contributed by atoms with Gasteiger partial charge in [-0.2, -0.15) is 5.06 Å². The molecule has 9 nitrogen and oxygen atoms in total. The lowest BCUT2D eigenvalue weighted by Gasteiger charge is -2.23. The van der Waals surface area contributed by atoms with Gasteiger partial charge in [0.1, 0.15) is 6.10 Å². The second-order valence-electron chi connectivity index (χ2n) is 14.3. The van der Waals surface area contributed by atoms with Crippen LogP contribution in [0.15, 0.2) is 0 Å². The number of rotatable bonds is 37. The second kappa shape index (κ2) is 36.9. The Labute approximate surface area is 307 Å². The second-order valence-corrected chi connectivity index (χ2v) is 14.3. The molecule has 1 atom stereocenters. The van der Waals surface area contributed by atoms with Gasteiger partial charge in [0.25, 0.3) is 0 Å². The van der Waals surface area contributed by atoms with Crippen molar-refractivity contribution in [2.24, 2.45) is 0 Å². The van der Waals surface area contributed by atoms with Gasteiger partial charge in [0.2, 0.25) is 0 Å². The topological polar surface area (TPSA) is 106 Å². The summed E-state index contributed by atoms with van der Waals surface area (Å²) in [6, 6.07) is 0. The first kappa shape index (κ1) is 48.1.